The Kier molecular flexibility index (Phi) is 4.64. The van der Waals surface area contributed by atoms with Crippen LogP contribution in [0.1, 0.15) is 11.1 Å². The third-order valence-corrected chi connectivity index (χ3v) is 3.23. The molecule has 0 spiro atoms. The van der Waals surface area contributed by atoms with Crippen LogP contribution in [0.4, 0.5) is 23.2 Å². The second-order valence-corrected chi connectivity index (χ2v) is 5.17. The molecule has 2 aromatic rings. The lowest BCUT2D eigenvalue weighted by atomic mass is 10.1. The van der Waals surface area contributed by atoms with E-state index in [1.165, 1.54) is 18.2 Å². The molecule has 2 rings (SSSR count). The fraction of sp³-hybridized carbons (Fsp3) is 0.143. The summed E-state index contributed by atoms with van der Waals surface area (Å²) < 4.78 is 51.2. The van der Waals surface area contributed by atoms with E-state index in [1.54, 1.807) is 6.07 Å². The molecule has 0 aliphatic heterocycles. The van der Waals surface area contributed by atoms with Gasteiger partial charge in [-0.25, -0.2) is 4.39 Å². The molecule has 0 atom stereocenters. The number of halogens is 6. The van der Waals surface area contributed by atoms with Crippen LogP contribution in [0.3, 0.4) is 0 Å². The molecule has 1 nitrogen and oxygen atoms in total. The zero-order valence-corrected chi connectivity index (χ0v) is 12.0. The molecule has 112 valence electrons. The van der Waals surface area contributed by atoms with E-state index in [2.05, 4.69) is 5.32 Å². The van der Waals surface area contributed by atoms with Gasteiger partial charge in [0, 0.05) is 17.3 Å². The van der Waals surface area contributed by atoms with E-state index in [0.29, 0.717) is 5.56 Å². The number of rotatable bonds is 3. The second-order valence-electron chi connectivity index (χ2n) is 4.33. The quantitative estimate of drug-likeness (QED) is 0.701. The van der Waals surface area contributed by atoms with Crippen LogP contribution < -0.4 is 5.32 Å². The van der Waals surface area contributed by atoms with Crippen molar-refractivity contribution < 1.29 is 17.6 Å². The van der Waals surface area contributed by atoms with Gasteiger partial charge in [0.1, 0.15) is 5.82 Å². The van der Waals surface area contributed by atoms with Crippen molar-refractivity contribution in [2.75, 3.05) is 5.32 Å². The smallest absolute Gasteiger partial charge is 0.381 e. The maximum absolute atomic E-state index is 13.3. The number of nitrogens with one attached hydrogen (secondary N) is 1. The molecule has 2 aromatic carbocycles. The fourth-order valence-corrected chi connectivity index (χ4v) is 2.06. The molecule has 0 aliphatic rings. The van der Waals surface area contributed by atoms with Crippen LogP contribution in [0.5, 0.6) is 0 Å². The normalized spacial score (nSPS) is 11.5. The van der Waals surface area contributed by atoms with Crippen molar-refractivity contribution in [1.29, 1.82) is 0 Å². The van der Waals surface area contributed by atoms with Gasteiger partial charge in [-0.3, -0.25) is 0 Å². The van der Waals surface area contributed by atoms with Gasteiger partial charge in [-0.05, 0) is 35.9 Å². The zero-order chi connectivity index (χ0) is 15.6. The number of anilines is 1. The van der Waals surface area contributed by atoms with E-state index in [4.69, 9.17) is 23.2 Å². The van der Waals surface area contributed by atoms with Crippen molar-refractivity contribution in [3.05, 3.63) is 63.4 Å². The third-order valence-electron chi connectivity index (χ3n) is 2.71. The van der Waals surface area contributed by atoms with Gasteiger partial charge in [-0.1, -0.05) is 29.3 Å². The molecule has 0 fully saturated rings. The van der Waals surface area contributed by atoms with Gasteiger partial charge in [0.15, 0.2) is 0 Å². The predicted molar refractivity (Wildman–Crippen MR) is 75.2 cm³/mol. The lowest BCUT2D eigenvalue weighted by Gasteiger charge is -2.12. The van der Waals surface area contributed by atoms with E-state index in [-0.39, 0.29) is 22.3 Å². The van der Waals surface area contributed by atoms with E-state index in [9.17, 15) is 17.6 Å². The average molecular weight is 338 g/mol. The summed E-state index contributed by atoms with van der Waals surface area (Å²) in [4.78, 5) is 0. The molecule has 7 heteroatoms. The summed E-state index contributed by atoms with van der Waals surface area (Å²) >= 11 is 11.2. The van der Waals surface area contributed by atoms with Gasteiger partial charge in [-0.15, -0.1) is 0 Å². The first-order chi connectivity index (χ1) is 9.75. The first-order valence-electron chi connectivity index (χ1n) is 5.81. The Morgan fingerprint density at radius 3 is 2.33 bits per heavy atom. The highest BCUT2D eigenvalue weighted by Crippen LogP contribution is 2.33. The third kappa shape index (κ3) is 4.25. The molecular weight excluding hydrogens is 329 g/mol. The number of benzene rings is 2. The molecule has 21 heavy (non-hydrogen) atoms. The highest BCUT2D eigenvalue weighted by Gasteiger charge is 2.31. The molecule has 0 aromatic heterocycles. The maximum atomic E-state index is 13.3. The van der Waals surface area contributed by atoms with Crippen LogP contribution in [-0.2, 0) is 12.7 Å². The number of hydrogen-bond acceptors (Lipinski definition) is 1. The summed E-state index contributed by atoms with van der Waals surface area (Å²) in [6.07, 6.45) is -4.48. The van der Waals surface area contributed by atoms with Crippen LogP contribution in [-0.4, -0.2) is 0 Å². The van der Waals surface area contributed by atoms with Crippen LogP contribution in [0.25, 0.3) is 0 Å². The average Bonchev–Trinajstić information content (AvgIpc) is 2.38. The molecule has 0 saturated heterocycles. The van der Waals surface area contributed by atoms with E-state index in [0.717, 1.165) is 12.1 Å². The standard InChI is InChI=1S/C14H9Cl2F4N/c15-10-4-9(14(18,19)20)5-11(6-10)21-7-8-1-2-12(16)13(17)3-8/h1-6,21H,7H2. The molecule has 1 N–H and O–H groups in total. The van der Waals surface area contributed by atoms with Gasteiger partial charge >= 0.3 is 6.18 Å². The largest absolute Gasteiger partial charge is 0.416 e. The lowest BCUT2D eigenvalue weighted by molar-refractivity contribution is -0.137. The molecule has 0 radical (unpaired) electrons. The van der Waals surface area contributed by atoms with Crippen LogP contribution in [0, 0.1) is 5.82 Å². The minimum atomic E-state index is -4.48. The van der Waals surface area contributed by atoms with Crippen LogP contribution in [0.2, 0.25) is 10.0 Å². The highest BCUT2D eigenvalue weighted by atomic mass is 35.5. The van der Waals surface area contributed by atoms with Gasteiger partial charge in [-0.2, -0.15) is 13.2 Å². The second kappa shape index (κ2) is 6.12. The van der Waals surface area contributed by atoms with Gasteiger partial charge < -0.3 is 5.32 Å². The summed E-state index contributed by atoms with van der Waals surface area (Å²) in [5.41, 5.74) is -0.101. The summed E-state index contributed by atoms with van der Waals surface area (Å²) in [6.45, 7) is 0.145. The number of alkyl halides is 3. The number of hydrogen-bond donors (Lipinski definition) is 1. The predicted octanol–water partition coefficient (Wildman–Crippen LogP) is 5.76. The topological polar surface area (TPSA) is 12.0 Å². The minimum Gasteiger partial charge on any atom is -0.381 e. The summed E-state index contributed by atoms with van der Waals surface area (Å²) in [7, 11) is 0. The van der Waals surface area contributed by atoms with Crippen LogP contribution >= 0.6 is 23.2 Å². The zero-order valence-electron chi connectivity index (χ0n) is 10.4. The van der Waals surface area contributed by atoms with Crippen molar-refractivity contribution in [2.45, 2.75) is 12.7 Å². The Bertz CT molecular complexity index is 656. The molecule has 0 amide bonds. The molecular formula is C14H9Cl2F4N. The van der Waals surface area contributed by atoms with Gasteiger partial charge in [0.05, 0.1) is 10.6 Å². The first kappa shape index (κ1) is 15.9. The van der Waals surface area contributed by atoms with Crippen molar-refractivity contribution in [3.8, 4) is 0 Å². The Morgan fingerprint density at radius 1 is 1.00 bits per heavy atom. The van der Waals surface area contributed by atoms with Gasteiger partial charge in [0.2, 0.25) is 0 Å². The molecule has 0 saturated carbocycles. The van der Waals surface area contributed by atoms with E-state index >= 15 is 0 Å². The van der Waals surface area contributed by atoms with Crippen LogP contribution in [0.15, 0.2) is 36.4 Å². The highest BCUT2D eigenvalue weighted by molar-refractivity contribution is 6.31. The van der Waals surface area contributed by atoms with Crippen molar-refractivity contribution in [2.24, 2.45) is 0 Å². The molecule has 0 aliphatic carbocycles. The molecule has 0 bridgehead atoms. The molecule has 0 unspecified atom stereocenters. The Labute approximate surface area is 128 Å². The van der Waals surface area contributed by atoms with Crippen molar-refractivity contribution >= 4 is 28.9 Å². The monoisotopic (exact) mass is 337 g/mol. The summed E-state index contributed by atoms with van der Waals surface area (Å²) in [6, 6.07) is 7.32. The minimum absolute atomic E-state index is 0.0131. The Balaban J connectivity index is 2.16. The van der Waals surface area contributed by atoms with Crippen molar-refractivity contribution in [3.63, 3.8) is 0 Å². The summed E-state index contributed by atoms with van der Waals surface area (Å²) in [5, 5.41) is 2.72. The van der Waals surface area contributed by atoms with E-state index in [1.807, 2.05) is 0 Å². The maximum Gasteiger partial charge on any atom is 0.416 e. The molecule has 0 heterocycles. The van der Waals surface area contributed by atoms with Gasteiger partial charge in [0.25, 0.3) is 0 Å². The fourth-order valence-electron chi connectivity index (χ4n) is 1.71. The SMILES string of the molecule is Fc1cc(CNc2cc(Cl)cc(C(F)(F)F)c2)ccc1Cl. The first-order valence-corrected chi connectivity index (χ1v) is 6.57. The summed E-state index contributed by atoms with van der Waals surface area (Å²) in [5.74, 6) is -0.585. The Morgan fingerprint density at radius 2 is 1.71 bits per heavy atom. The van der Waals surface area contributed by atoms with Crippen molar-refractivity contribution in [1.82, 2.24) is 0 Å². The lowest BCUT2D eigenvalue weighted by Crippen LogP contribution is -2.07. The Hall–Kier alpha value is -1.46. The van der Waals surface area contributed by atoms with E-state index < -0.39 is 17.6 Å².